The lowest BCUT2D eigenvalue weighted by Crippen LogP contribution is -2.30. The predicted octanol–water partition coefficient (Wildman–Crippen LogP) is 9.85. The minimum absolute atomic E-state index is 0.187. The predicted molar refractivity (Wildman–Crippen MR) is 190 cm³/mol. The third-order valence-corrected chi connectivity index (χ3v) is 8.67. The molecule has 2 heterocycles. The molecule has 0 saturated heterocycles. The van der Waals surface area contributed by atoms with Gasteiger partial charge in [0.1, 0.15) is 11.1 Å². The first-order valence-electron chi connectivity index (χ1n) is 17.5. The van der Waals surface area contributed by atoms with Crippen LogP contribution in [0.5, 0.6) is 0 Å². The van der Waals surface area contributed by atoms with Gasteiger partial charge in [-0.25, -0.2) is 4.98 Å². The fourth-order valence-corrected chi connectivity index (χ4v) is 6.21. The molecule has 0 spiro atoms. The van der Waals surface area contributed by atoms with Gasteiger partial charge in [0, 0.05) is 30.2 Å². The van der Waals surface area contributed by atoms with Crippen LogP contribution in [0, 0.1) is 0 Å². The Labute approximate surface area is 281 Å². The number of fused-ring (bicyclic) bond motifs is 1. The van der Waals surface area contributed by atoms with Gasteiger partial charge in [0.15, 0.2) is 11.5 Å². The standard InChI is InChI=1S/C36H57ClN6O3/c1-7-9-10-11-12-13-14-15-16-17-18-19-20-21-22-30(46-8-2)35(45)39-27-23-24-28(29(25-27)38-26(3)44)33-40-34-31(37)32(36(4,5)6)41-43(34)42-33/h23-25,30,41H,7-22H2,1-6H3,(H,38,44)(H,39,45). The number of aromatic nitrogens is 4. The average molecular weight is 657 g/mol. The fraction of sp³-hybridized carbons (Fsp3) is 0.667. The molecule has 1 unspecified atom stereocenters. The number of halogens is 1. The molecule has 0 fully saturated rings. The normalized spacial score (nSPS) is 12.5. The number of H-pyrrole nitrogens is 1. The lowest BCUT2D eigenvalue weighted by atomic mass is 9.92. The smallest absolute Gasteiger partial charge is 0.253 e. The Bertz CT molecular complexity index is 1380. The van der Waals surface area contributed by atoms with Gasteiger partial charge in [-0.2, -0.15) is 4.63 Å². The molecule has 0 saturated carbocycles. The van der Waals surface area contributed by atoms with Crippen molar-refractivity contribution in [2.45, 2.75) is 149 Å². The van der Waals surface area contributed by atoms with E-state index in [1.54, 1.807) is 22.8 Å². The topological polar surface area (TPSA) is 113 Å². The highest BCUT2D eigenvalue weighted by Gasteiger charge is 2.25. The number of amides is 2. The van der Waals surface area contributed by atoms with Gasteiger partial charge in [-0.15, -0.1) is 5.10 Å². The zero-order valence-electron chi connectivity index (χ0n) is 29.1. The molecule has 2 aromatic heterocycles. The molecule has 10 heteroatoms. The molecule has 3 aromatic rings. The monoisotopic (exact) mass is 656 g/mol. The summed E-state index contributed by atoms with van der Waals surface area (Å²) < 4.78 is 7.38. The Kier molecular flexibility index (Phi) is 15.5. The summed E-state index contributed by atoms with van der Waals surface area (Å²) in [7, 11) is 0. The van der Waals surface area contributed by atoms with E-state index in [-0.39, 0.29) is 17.2 Å². The number of unbranched alkanes of at least 4 members (excludes halogenated alkanes) is 13. The van der Waals surface area contributed by atoms with Gasteiger partial charge >= 0.3 is 0 Å². The highest BCUT2D eigenvalue weighted by atomic mass is 35.5. The Morgan fingerprint density at radius 2 is 1.50 bits per heavy atom. The Morgan fingerprint density at radius 3 is 2.02 bits per heavy atom. The number of benzene rings is 1. The molecule has 2 amide bonds. The molecule has 0 radical (unpaired) electrons. The summed E-state index contributed by atoms with van der Waals surface area (Å²) in [4.78, 5) is 29.9. The number of rotatable bonds is 21. The number of nitrogens with one attached hydrogen (secondary N) is 3. The van der Waals surface area contributed by atoms with Crippen molar-refractivity contribution in [1.82, 2.24) is 19.8 Å². The highest BCUT2D eigenvalue weighted by molar-refractivity contribution is 6.34. The molecule has 3 N–H and O–H groups in total. The molecular weight excluding hydrogens is 600 g/mol. The second-order valence-corrected chi connectivity index (χ2v) is 13.9. The van der Waals surface area contributed by atoms with Gasteiger partial charge in [0.05, 0.1) is 11.4 Å². The van der Waals surface area contributed by atoms with Gasteiger partial charge in [-0.1, -0.05) is 129 Å². The first kappa shape index (κ1) is 37.5. The fourth-order valence-electron chi connectivity index (χ4n) is 5.76. The van der Waals surface area contributed by atoms with Crippen molar-refractivity contribution in [2.75, 3.05) is 17.2 Å². The molecule has 0 bridgehead atoms. The Hall–Kier alpha value is -2.91. The second kappa shape index (κ2) is 19.0. The summed E-state index contributed by atoms with van der Waals surface area (Å²) >= 11 is 6.62. The highest BCUT2D eigenvalue weighted by Crippen LogP contribution is 2.34. The van der Waals surface area contributed by atoms with Crippen LogP contribution in [0.3, 0.4) is 0 Å². The van der Waals surface area contributed by atoms with E-state index >= 15 is 0 Å². The first-order valence-corrected chi connectivity index (χ1v) is 17.9. The molecule has 1 aromatic carbocycles. The SMILES string of the molecule is CCCCCCCCCCCCCCCCC(OCC)C(=O)Nc1ccc(-c2nc3c(Cl)c(C(C)(C)C)[nH]n3n2)c(NC(C)=O)c1. The quantitative estimate of drug-likeness (QED) is 0.0988. The van der Waals surface area contributed by atoms with Gasteiger partial charge < -0.3 is 15.4 Å². The van der Waals surface area contributed by atoms with Crippen LogP contribution in [-0.4, -0.2) is 44.3 Å². The van der Waals surface area contributed by atoms with Gasteiger partial charge in [-0.05, 0) is 31.5 Å². The zero-order valence-corrected chi connectivity index (χ0v) is 29.8. The molecule has 46 heavy (non-hydrogen) atoms. The molecular formula is C36H57ClN6O3. The molecule has 1 atom stereocenters. The van der Waals surface area contributed by atoms with Crippen LogP contribution in [0.1, 0.15) is 144 Å². The van der Waals surface area contributed by atoms with Crippen LogP contribution in [0.2, 0.25) is 5.02 Å². The maximum atomic E-state index is 13.2. The summed E-state index contributed by atoms with van der Waals surface area (Å²) in [6, 6.07) is 5.30. The largest absolute Gasteiger partial charge is 0.369 e. The van der Waals surface area contributed by atoms with Crippen LogP contribution < -0.4 is 10.6 Å². The maximum absolute atomic E-state index is 13.2. The summed E-state index contributed by atoms with van der Waals surface area (Å²) in [5.41, 5.74) is 2.81. The van der Waals surface area contributed by atoms with E-state index < -0.39 is 6.10 Å². The van der Waals surface area contributed by atoms with E-state index in [1.807, 2.05) is 6.92 Å². The molecule has 0 aliphatic rings. The minimum atomic E-state index is -0.527. The van der Waals surface area contributed by atoms with Crippen LogP contribution in [0.25, 0.3) is 17.0 Å². The lowest BCUT2D eigenvalue weighted by Gasteiger charge is -2.18. The Balaban J connectivity index is 1.50. The second-order valence-electron chi connectivity index (χ2n) is 13.5. The van der Waals surface area contributed by atoms with Gasteiger partial charge in [0.2, 0.25) is 5.91 Å². The van der Waals surface area contributed by atoms with E-state index in [2.05, 4.69) is 53.5 Å². The van der Waals surface area contributed by atoms with Crippen LogP contribution in [0.4, 0.5) is 11.4 Å². The molecule has 256 valence electrons. The minimum Gasteiger partial charge on any atom is -0.369 e. The van der Waals surface area contributed by atoms with E-state index in [4.69, 9.17) is 16.3 Å². The third kappa shape index (κ3) is 11.7. The molecule has 9 nitrogen and oxygen atoms in total. The van der Waals surface area contributed by atoms with Crippen LogP contribution in [-0.2, 0) is 19.7 Å². The summed E-state index contributed by atoms with van der Waals surface area (Å²) in [6.07, 6.45) is 18.3. The van der Waals surface area contributed by atoms with Crippen molar-refractivity contribution >= 4 is 40.4 Å². The van der Waals surface area contributed by atoms with Crippen LogP contribution >= 0.6 is 11.6 Å². The van der Waals surface area contributed by atoms with Crippen molar-refractivity contribution in [1.29, 1.82) is 0 Å². The van der Waals surface area contributed by atoms with Gasteiger partial charge in [-0.3, -0.25) is 14.7 Å². The number of nitrogens with zero attached hydrogens (tertiary/aromatic N) is 3. The van der Waals surface area contributed by atoms with Crippen molar-refractivity contribution in [2.24, 2.45) is 0 Å². The number of hydrogen-bond acceptors (Lipinski definition) is 5. The van der Waals surface area contributed by atoms with E-state index in [0.717, 1.165) is 18.5 Å². The Morgan fingerprint density at radius 1 is 0.913 bits per heavy atom. The summed E-state index contributed by atoms with van der Waals surface area (Å²) in [5.74, 6) is -0.0271. The van der Waals surface area contributed by atoms with E-state index in [9.17, 15) is 9.59 Å². The van der Waals surface area contributed by atoms with Crippen LogP contribution in [0.15, 0.2) is 18.2 Å². The zero-order chi connectivity index (χ0) is 33.5. The average Bonchev–Trinajstić information content (AvgIpc) is 3.55. The van der Waals surface area contributed by atoms with Crippen molar-refractivity contribution in [3.63, 3.8) is 0 Å². The van der Waals surface area contributed by atoms with Crippen molar-refractivity contribution < 1.29 is 14.3 Å². The molecule has 0 aliphatic carbocycles. The summed E-state index contributed by atoms with van der Waals surface area (Å²) in [5, 5.41) is 14.2. The number of aromatic amines is 1. The maximum Gasteiger partial charge on any atom is 0.253 e. The number of carbonyl (C=O) groups is 2. The first-order chi connectivity index (χ1) is 22.0. The van der Waals surface area contributed by atoms with E-state index in [0.29, 0.717) is 46.5 Å². The number of ether oxygens (including phenoxy) is 1. The molecule has 0 aliphatic heterocycles. The summed E-state index contributed by atoms with van der Waals surface area (Å²) in [6.45, 7) is 12.3. The van der Waals surface area contributed by atoms with Crippen molar-refractivity contribution in [3.05, 3.63) is 28.9 Å². The number of hydrogen-bond donors (Lipinski definition) is 3. The number of anilines is 2. The molecule has 3 rings (SSSR count). The van der Waals surface area contributed by atoms with Crippen molar-refractivity contribution in [3.8, 4) is 11.4 Å². The third-order valence-electron chi connectivity index (χ3n) is 8.31. The van der Waals surface area contributed by atoms with Gasteiger partial charge in [0.25, 0.3) is 5.91 Å². The van der Waals surface area contributed by atoms with E-state index in [1.165, 1.54) is 84.0 Å². The lowest BCUT2D eigenvalue weighted by molar-refractivity contribution is -0.127. The number of carbonyl (C=O) groups excluding carboxylic acids is 2.